The first-order chi connectivity index (χ1) is 7.54. The van der Waals surface area contributed by atoms with Crippen LogP contribution in [0.2, 0.25) is 0 Å². The Labute approximate surface area is 93.2 Å². The molecule has 2 aromatic rings. The molecule has 0 aliphatic carbocycles. The Balaban J connectivity index is 2.24. The molecule has 0 amide bonds. The van der Waals surface area contributed by atoms with E-state index >= 15 is 0 Å². The first-order valence-electron chi connectivity index (χ1n) is 4.53. The summed E-state index contributed by atoms with van der Waals surface area (Å²) < 4.78 is 26.5. The van der Waals surface area contributed by atoms with Gasteiger partial charge in [-0.15, -0.1) is 0 Å². The molecular weight excluding hydrogens is 228 g/mol. The van der Waals surface area contributed by atoms with Gasteiger partial charge in [0.1, 0.15) is 5.75 Å². The van der Waals surface area contributed by atoms with Crippen molar-refractivity contribution in [1.29, 1.82) is 0 Å². The Hall–Kier alpha value is -1.82. The lowest BCUT2D eigenvalue weighted by Gasteiger charge is -2.03. The van der Waals surface area contributed by atoms with E-state index in [9.17, 15) is 8.42 Å². The van der Waals surface area contributed by atoms with E-state index in [-0.39, 0.29) is 0 Å². The number of aromatic nitrogens is 2. The predicted molar refractivity (Wildman–Crippen MR) is 59.5 cm³/mol. The van der Waals surface area contributed by atoms with E-state index in [4.69, 9.17) is 4.18 Å². The first-order valence-corrected chi connectivity index (χ1v) is 6.34. The third-order valence-corrected chi connectivity index (χ3v) is 2.41. The number of hydrogen-bond acceptors (Lipinski definition) is 4. The minimum atomic E-state index is -3.46. The van der Waals surface area contributed by atoms with Crippen molar-refractivity contribution in [2.24, 2.45) is 0 Å². The molecule has 0 atom stereocenters. The summed E-state index contributed by atoms with van der Waals surface area (Å²) in [4.78, 5) is 6.85. The van der Waals surface area contributed by atoms with E-state index in [2.05, 4.69) is 9.97 Å². The highest BCUT2D eigenvalue weighted by Gasteiger charge is 2.04. The molecule has 2 rings (SSSR count). The smallest absolute Gasteiger partial charge is 0.306 e. The highest BCUT2D eigenvalue weighted by molar-refractivity contribution is 7.86. The molecule has 1 heterocycles. The van der Waals surface area contributed by atoms with E-state index in [0.29, 0.717) is 5.75 Å². The van der Waals surface area contributed by atoms with Crippen LogP contribution in [-0.4, -0.2) is 24.6 Å². The van der Waals surface area contributed by atoms with Gasteiger partial charge in [0.25, 0.3) is 0 Å². The van der Waals surface area contributed by atoms with Crippen LogP contribution in [0.3, 0.4) is 0 Å². The molecule has 0 aliphatic heterocycles. The third kappa shape index (κ3) is 2.60. The molecule has 0 aliphatic rings. The summed E-state index contributed by atoms with van der Waals surface area (Å²) in [5.74, 6) is 0.297. The zero-order valence-corrected chi connectivity index (χ0v) is 9.36. The zero-order chi connectivity index (χ0) is 11.6. The summed E-state index contributed by atoms with van der Waals surface area (Å²) in [6, 6.07) is 6.70. The van der Waals surface area contributed by atoms with Crippen LogP contribution in [0.1, 0.15) is 0 Å². The lowest BCUT2D eigenvalue weighted by atomic mass is 10.2. The zero-order valence-electron chi connectivity index (χ0n) is 8.54. The molecule has 0 unspecified atom stereocenters. The predicted octanol–water partition coefficient (Wildman–Crippen LogP) is 1.42. The lowest BCUT2D eigenvalue weighted by molar-refractivity contribution is 0.493. The Bertz CT molecular complexity index is 559. The maximum Gasteiger partial charge on any atom is 0.306 e. The van der Waals surface area contributed by atoms with E-state index in [1.807, 2.05) is 0 Å². The number of benzene rings is 1. The fourth-order valence-electron chi connectivity index (χ4n) is 1.28. The van der Waals surface area contributed by atoms with Crippen LogP contribution in [0, 0.1) is 0 Å². The van der Waals surface area contributed by atoms with Gasteiger partial charge in [-0.25, -0.2) is 4.98 Å². The Kier molecular flexibility index (Phi) is 2.66. The number of H-pyrrole nitrogens is 1. The first kappa shape index (κ1) is 10.7. The quantitative estimate of drug-likeness (QED) is 0.821. The average molecular weight is 238 g/mol. The largest absolute Gasteiger partial charge is 0.383 e. The summed E-state index contributed by atoms with van der Waals surface area (Å²) in [5.41, 5.74) is 1.78. The molecule has 0 bridgehead atoms. The molecule has 1 N–H and O–H groups in total. The number of hydrogen-bond donors (Lipinski definition) is 1. The SMILES string of the molecule is CS(=O)(=O)Oc1ccc(-c2cnc[nH]2)cc1. The van der Waals surface area contributed by atoms with Crippen molar-refractivity contribution in [3.63, 3.8) is 0 Å². The Morgan fingerprint density at radius 1 is 1.25 bits per heavy atom. The van der Waals surface area contributed by atoms with Gasteiger partial charge in [-0.1, -0.05) is 0 Å². The van der Waals surface area contributed by atoms with Gasteiger partial charge in [0, 0.05) is 0 Å². The number of nitrogens with one attached hydrogen (secondary N) is 1. The monoisotopic (exact) mass is 238 g/mol. The van der Waals surface area contributed by atoms with E-state index in [0.717, 1.165) is 17.5 Å². The van der Waals surface area contributed by atoms with Crippen LogP contribution < -0.4 is 4.18 Å². The van der Waals surface area contributed by atoms with E-state index < -0.39 is 10.1 Å². The summed E-state index contributed by atoms with van der Waals surface area (Å²) in [7, 11) is -3.46. The second-order valence-electron chi connectivity index (χ2n) is 3.28. The average Bonchev–Trinajstić information content (AvgIpc) is 2.69. The molecule has 1 aromatic carbocycles. The summed E-state index contributed by atoms with van der Waals surface area (Å²) in [5, 5.41) is 0. The van der Waals surface area contributed by atoms with Gasteiger partial charge in [0.05, 0.1) is 24.5 Å². The van der Waals surface area contributed by atoms with Crippen molar-refractivity contribution in [2.75, 3.05) is 6.26 Å². The van der Waals surface area contributed by atoms with Crippen LogP contribution in [0.15, 0.2) is 36.8 Å². The molecule has 16 heavy (non-hydrogen) atoms. The maximum absolute atomic E-state index is 10.9. The van der Waals surface area contributed by atoms with Gasteiger partial charge in [-0.2, -0.15) is 8.42 Å². The molecule has 0 fully saturated rings. The normalized spacial score (nSPS) is 11.3. The number of nitrogens with zero attached hydrogens (tertiary/aromatic N) is 1. The summed E-state index contributed by atoms with van der Waals surface area (Å²) in [6.45, 7) is 0. The Morgan fingerprint density at radius 3 is 2.44 bits per heavy atom. The lowest BCUT2D eigenvalue weighted by Crippen LogP contribution is -2.05. The second kappa shape index (κ2) is 3.97. The van der Waals surface area contributed by atoms with Crippen LogP contribution in [0.4, 0.5) is 0 Å². The van der Waals surface area contributed by atoms with Crippen molar-refractivity contribution in [2.45, 2.75) is 0 Å². The minimum Gasteiger partial charge on any atom is -0.383 e. The summed E-state index contributed by atoms with van der Waals surface area (Å²) in [6.07, 6.45) is 4.28. The number of rotatable bonds is 3. The topological polar surface area (TPSA) is 72.1 Å². The maximum atomic E-state index is 10.9. The standard InChI is InChI=1S/C10H10N2O3S/c1-16(13,14)15-9-4-2-8(3-5-9)10-6-11-7-12-10/h2-7H,1H3,(H,11,12). The van der Waals surface area contributed by atoms with Gasteiger partial charge < -0.3 is 9.17 Å². The molecule has 0 saturated carbocycles. The van der Waals surface area contributed by atoms with Crippen LogP contribution in [0.5, 0.6) is 5.75 Å². The number of imidazole rings is 1. The van der Waals surface area contributed by atoms with Crippen LogP contribution in [-0.2, 0) is 10.1 Å². The van der Waals surface area contributed by atoms with E-state index in [1.165, 1.54) is 0 Å². The van der Waals surface area contributed by atoms with Crippen molar-refractivity contribution in [1.82, 2.24) is 9.97 Å². The second-order valence-corrected chi connectivity index (χ2v) is 4.85. The molecule has 84 valence electrons. The molecular formula is C10H10N2O3S. The molecule has 0 spiro atoms. The van der Waals surface area contributed by atoms with Crippen molar-refractivity contribution < 1.29 is 12.6 Å². The van der Waals surface area contributed by atoms with Crippen molar-refractivity contribution >= 4 is 10.1 Å². The van der Waals surface area contributed by atoms with Gasteiger partial charge >= 0.3 is 10.1 Å². The van der Waals surface area contributed by atoms with Gasteiger partial charge in [0.15, 0.2) is 0 Å². The molecule has 0 radical (unpaired) electrons. The van der Waals surface area contributed by atoms with Gasteiger partial charge in [-0.05, 0) is 29.8 Å². The highest BCUT2D eigenvalue weighted by Crippen LogP contribution is 2.20. The Morgan fingerprint density at radius 2 is 1.94 bits per heavy atom. The molecule has 6 heteroatoms. The fraction of sp³-hybridized carbons (Fsp3) is 0.100. The van der Waals surface area contributed by atoms with Crippen molar-refractivity contribution in [3.8, 4) is 17.0 Å². The number of aromatic amines is 1. The molecule has 1 aromatic heterocycles. The van der Waals surface area contributed by atoms with Gasteiger partial charge in [-0.3, -0.25) is 0 Å². The highest BCUT2D eigenvalue weighted by atomic mass is 32.2. The third-order valence-electron chi connectivity index (χ3n) is 1.91. The van der Waals surface area contributed by atoms with Gasteiger partial charge in [0.2, 0.25) is 0 Å². The van der Waals surface area contributed by atoms with Crippen molar-refractivity contribution in [3.05, 3.63) is 36.8 Å². The van der Waals surface area contributed by atoms with E-state index in [1.54, 1.807) is 36.8 Å². The summed E-state index contributed by atoms with van der Waals surface area (Å²) >= 11 is 0. The molecule has 5 nitrogen and oxygen atoms in total. The van der Waals surface area contributed by atoms with Crippen LogP contribution in [0.25, 0.3) is 11.3 Å². The fourth-order valence-corrected chi connectivity index (χ4v) is 1.74. The minimum absolute atomic E-state index is 0.297. The van der Waals surface area contributed by atoms with Crippen LogP contribution >= 0.6 is 0 Å². The molecule has 0 saturated heterocycles.